The van der Waals surface area contributed by atoms with Crippen LogP contribution in [0.3, 0.4) is 0 Å². The van der Waals surface area contributed by atoms with Crippen molar-refractivity contribution in [3.05, 3.63) is 71.5 Å². The number of rotatable bonds is 8. The number of nitrogens with one attached hydrogen (secondary N) is 2. The number of aromatic nitrogens is 2. The number of hydrogen-bond acceptors (Lipinski definition) is 5. The number of anilines is 1. The fourth-order valence-electron chi connectivity index (χ4n) is 5.87. The van der Waals surface area contributed by atoms with Gasteiger partial charge in [0.05, 0.1) is 22.8 Å². The minimum atomic E-state index is -0.804. The Bertz CT molecular complexity index is 1600. The summed E-state index contributed by atoms with van der Waals surface area (Å²) >= 11 is 0. The third-order valence-corrected chi connectivity index (χ3v) is 8.16. The molecule has 2 heterocycles. The zero-order chi connectivity index (χ0) is 28.6. The van der Waals surface area contributed by atoms with Crippen LogP contribution in [0.4, 0.5) is 5.69 Å². The van der Waals surface area contributed by atoms with E-state index in [2.05, 4.69) is 38.6 Å². The number of piperidine rings is 1. The molecule has 1 saturated heterocycles. The Hall–Kier alpha value is -4.40. The third-order valence-electron chi connectivity index (χ3n) is 8.16. The van der Waals surface area contributed by atoms with E-state index in [0.29, 0.717) is 18.9 Å². The number of amidine groups is 2. The molecular formula is C31H37N7O2. The largest absolute Gasteiger partial charge is 0.481 e. The van der Waals surface area contributed by atoms with Gasteiger partial charge in [0.1, 0.15) is 11.7 Å². The molecule has 0 saturated carbocycles. The summed E-state index contributed by atoms with van der Waals surface area (Å²) < 4.78 is 2.20. The minimum absolute atomic E-state index is 0.0555. The van der Waals surface area contributed by atoms with Crippen LogP contribution in [-0.2, 0) is 11.3 Å². The van der Waals surface area contributed by atoms with Crippen molar-refractivity contribution in [1.82, 2.24) is 14.5 Å². The highest BCUT2D eigenvalue weighted by molar-refractivity contribution is 6.08. The Kier molecular flexibility index (Phi) is 7.47. The monoisotopic (exact) mass is 539 g/mol. The lowest BCUT2D eigenvalue weighted by Gasteiger charge is -2.41. The molecule has 1 aliphatic rings. The molecule has 1 aromatic heterocycles. The molecule has 9 nitrogen and oxygen atoms in total. The van der Waals surface area contributed by atoms with Crippen LogP contribution in [0.25, 0.3) is 21.8 Å². The molecule has 1 atom stereocenters. The van der Waals surface area contributed by atoms with Crippen molar-refractivity contribution < 1.29 is 9.90 Å². The summed E-state index contributed by atoms with van der Waals surface area (Å²) in [4.78, 5) is 21.0. The van der Waals surface area contributed by atoms with E-state index in [-0.39, 0.29) is 11.9 Å². The molecule has 0 amide bonds. The van der Waals surface area contributed by atoms with Gasteiger partial charge in [-0.2, -0.15) is 0 Å². The molecule has 3 aromatic carbocycles. The van der Waals surface area contributed by atoms with Crippen molar-refractivity contribution in [3.8, 4) is 0 Å². The highest BCUT2D eigenvalue weighted by Crippen LogP contribution is 2.30. The molecule has 4 aromatic rings. The van der Waals surface area contributed by atoms with Gasteiger partial charge in [0.15, 0.2) is 0 Å². The SMILES string of the molecule is CC(=N)N1CCC(N(CC(C)C(=O)O)c2ccc3c(c2)nc(C)n3Cc2ccc(C(=N)N)c3ccccc23)CC1. The first-order chi connectivity index (χ1) is 19.1. The maximum absolute atomic E-state index is 11.8. The maximum atomic E-state index is 11.8. The Morgan fingerprint density at radius 1 is 1.12 bits per heavy atom. The average molecular weight is 540 g/mol. The average Bonchev–Trinajstić information content (AvgIpc) is 3.25. The van der Waals surface area contributed by atoms with Gasteiger partial charge in [0.25, 0.3) is 0 Å². The topological polar surface area (TPSA) is 135 Å². The molecular weight excluding hydrogens is 502 g/mol. The number of nitrogens with two attached hydrogens (primary N) is 1. The van der Waals surface area contributed by atoms with Crippen LogP contribution < -0.4 is 10.6 Å². The summed E-state index contributed by atoms with van der Waals surface area (Å²) in [7, 11) is 0. The molecule has 0 spiro atoms. The van der Waals surface area contributed by atoms with Gasteiger partial charge in [0.2, 0.25) is 0 Å². The lowest BCUT2D eigenvalue weighted by molar-refractivity contribution is -0.140. The van der Waals surface area contributed by atoms with Gasteiger partial charge < -0.3 is 25.2 Å². The molecule has 1 fully saturated rings. The first-order valence-corrected chi connectivity index (χ1v) is 13.8. The number of imidazole rings is 1. The second-order valence-corrected chi connectivity index (χ2v) is 10.8. The Morgan fingerprint density at radius 3 is 2.48 bits per heavy atom. The lowest BCUT2D eigenvalue weighted by Crippen LogP contribution is -2.48. The number of benzene rings is 3. The van der Waals surface area contributed by atoms with E-state index in [4.69, 9.17) is 21.5 Å². The van der Waals surface area contributed by atoms with Crippen molar-refractivity contribution in [1.29, 1.82) is 10.8 Å². The maximum Gasteiger partial charge on any atom is 0.308 e. The molecule has 9 heteroatoms. The predicted octanol–water partition coefficient (Wildman–Crippen LogP) is 4.82. The molecule has 0 bridgehead atoms. The van der Waals surface area contributed by atoms with E-state index in [1.807, 2.05) is 44.2 Å². The van der Waals surface area contributed by atoms with E-state index in [1.54, 1.807) is 6.92 Å². The lowest BCUT2D eigenvalue weighted by atomic mass is 9.98. The Labute approximate surface area is 234 Å². The molecule has 5 N–H and O–H groups in total. The predicted molar refractivity (Wildman–Crippen MR) is 161 cm³/mol. The first kappa shape index (κ1) is 27.2. The van der Waals surface area contributed by atoms with Gasteiger partial charge in [-0.05, 0) is 61.2 Å². The minimum Gasteiger partial charge on any atom is -0.481 e. The van der Waals surface area contributed by atoms with Crippen molar-refractivity contribution in [2.75, 3.05) is 24.5 Å². The number of carbonyl (C=O) groups is 1. The zero-order valence-corrected chi connectivity index (χ0v) is 23.3. The molecule has 1 aliphatic heterocycles. The fraction of sp³-hybridized carbons (Fsp3) is 0.355. The molecule has 208 valence electrons. The van der Waals surface area contributed by atoms with Crippen LogP contribution in [0.5, 0.6) is 0 Å². The van der Waals surface area contributed by atoms with Gasteiger partial charge in [-0.3, -0.25) is 15.6 Å². The third kappa shape index (κ3) is 5.23. The summed E-state index contributed by atoms with van der Waals surface area (Å²) in [5, 5.41) is 27.6. The van der Waals surface area contributed by atoms with Crippen LogP contribution in [0.1, 0.15) is 43.6 Å². The molecule has 40 heavy (non-hydrogen) atoms. The number of aryl methyl sites for hydroxylation is 1. The van der Waals surface area contributed by atoms with E-state index in [1.165, 1.54) is 0 Å². The van der Waals surface area contributed by atoms with E-state index in [9.17, 15) is 9.90 Å². The summed E-state index contributed by atoms with van der Waals surface area (Å²) in [6.45, 7) is 8.22. The summed E-state index contributed by atoms with van der Waals surface area (Å²) in [5.41, 5.74) is 10.6. The van der Waals surface area contributed by atoms with Gasteiger partial charge in [0, 0.05) is 43.5 Å². The number of likely N-dealkylation sites (tertiary alicyclic amines) is 1. The summed E-state index contributed by atoms with van der Waals surface area (Å²) in [6.07, 6.45) is 1.74. The number of fused-ring (bicyclic) bond motifs is 2. The van der Waals surface area contributed by atoms with Crippen LogP contribution in [0.15, 0.2) is 54.6 Å². The molecule has 1 unspecified atom stereocenters. The molecule has 0 radical (unpaired) electrons. The normalized spacial score (nSPS) is 14.9. The van der Waals surface area contributed by atoms with Gasteiger partial charge in [-0.15, -0.1) is 0 Å². The van der Waals surface area contributed by atoms with Crippen molar-refractivity contribution in [2.24, 2.45) is 11.7 Å². The number of nitrogen functional groups attached to an aromatic ring is 1. The number of aliphatic carboxylic acids is 1. The van der Waals surface area contributed by atoms with Gasteiger partial charge in [-0.1, -0.05) is 43.3 Å². The number of nitrogens with zero attached hydrogens (tertiary/aromatic N) is 4. The first-order valence-electron chi connectivity index (χ1n) is 13.8. The van der Waals surface area contributed by atoms with E-state index >= 15 is 0 Å². The van der Waals surface area contributed by atoms with Crippen molar-refractivity contribution in [3.63, 3.8) is 0 Å². The zero-order valence-electron chi connectivity index (χ0n) is 23.3. The van der Waals surface area contributed by atoms with Crippen LogP contribution in [0, 0.1) is 23.7 Å². The smallest absolute Gasteiger partial charge is 0.308 e. The number of carboxylic acid groups (broad SMARTS) is 1. The highest BCUT2D eigenvalue weighted by atomic mass is 16.4. The summed E-state index contributed by atoms with van der Waals surface area (Å²) in [5.74, 6) is 0.216. The summed E-state index contributed by atoms with van der Waals surface area (Å²) in [6, 6.07) is 18.4. The Balaban J connectivity index is 1.49. The van der Waals surface area contributed by atoms with Gasteiger partial charge in [-0.25, -0.2) is 4.98 Å². The van der Waals surface area contributed by atoms with Gasteiger partial charge >= 0.3 is 5.97 Å². The second kappa shape index (κ2) is 11.0. The molecule has 0 aliphatic carbocycles. The van der Waals surface area contributed by atoms with Crippen LogP contribution >= 0.6 is 0 Å². The quantitative estimate of drug-likeness (QED) is 0.187. The van der Waals surface area contributed by atoms with E-state index < -0.39 is 11.9 Å². The van der Waals surface area contributed by atoms with E-state index in [0.717, 1.165) is 70.4 Å². The number of carboxylic acids is 1. The van der Waals surface area contributed by atoms with Crippen LogP contribution in [0.2, 0.25) is 0 Å². The Morgan fingerprint density at radius 2 is 1.82 bits per heavy atom. The molecule has 5 rings (SSSR count). The fourth-order valence-corrected chi connectivity index (χ4v) is 5.87. The highest BCUT2D eigenvalue weighted by Gasteiger charge is 2.28. The van der Waals surface area contributed by atoms with Crippen LogP contribution in [-0.4, -0.2) is 62.9 Å². The standard InChI is InChI=1S/C31H37N7O2/c1-19(31(39)40)17-38(23-12-14-36(15-13-23)20(2)32)24-9-11-29-28(16-24)35-21(3)37(29)18-22-8-10-27(30(33)34)26-7-5-4-6-25(22)26/h4-11,16,19,23,32H,12-15,17-18H2,1-3H3,(H3,33,34)(H,39,40). The van der Waals surface area contributed by atoms with Crippen molar-refractivity contribution in [2.45, 2.75) is 46.2 Å². The second-order valence-electron chi connectivity index (χ2n) is 10.8. The van der Waals surface area contributed by atoms with Crippen molar-refractivity contribution >= 4 is 45.1 Å². The number of hydrogen-bond donors (Lipinski definition) is 4.